The minimum Gasteiger partial charge on any atom is -0.369 e. The van der Waals surface area contributed by atoms with E-state index in [9.17, 15) is 4.79 Å². The van der Waals surface area contributed by atoms with Gasteiger partial charge in [-0.05, 0) is 82.2 Å². The molecule has 30 heavy (non-hydrogen) atoms. The second-order valence-corrected chi connectivity index (χ2v) is 9.72. The minimum absolute atomic E-state index is 0.00756. The van der Waals surface area contributed by atoms with Crippen LogP contribution in [0.25, 0.3) is 0 Å². The highest BCUT2D eigenvalue weighted by Gasteiger charge is 2.41. The van der Waals surface area contributed by atoms with Crippen molar-refractivity contribution in [3.05, 3.63) is 44.2 Å². The van der Waals surface area contributed by atoms with Gasteiger partial charge in [0.2, 0.25) is 0 Å². The smallest absolute Gasteiger partial charge is 0.261 e. The topological polar surface area (TPSA) is 76.1 Å². The molecule has 0 unspecified atom stereocenters. The SMILES string of the molecule is Cc1nc(CCNC(=O)c2cc3c(s2)C2(CCNCC2)OCC3)nc2c1CCCC2. The zero-order valence-corrected chi connectivity index (χ0v) is 18.5. The number of nitrogens with one attached hydrogen (secondary N) is 2. The van der Waals surface area contributed by atoms with Crippen LogP contribution in [0.4, 0.5) is 0 Å². The van der Waals surface area contributed by atoms with Crippen molar-refractivity contribution in [1.82, 2.24) is 20.6 Å². The van der Waals surface area contributed by atoms with E-state index in [1.54, 1.807) is 11.3 Å². The molecule has 1 saturated heterocycles. The quantitative estimate of drug-likeness (QED) is 0.786. The third-order valence-electron chi connectivity index (χ3n) is 6.68. The minimum atomic E-state index is -0.184. The number of rotatable bonds is 4. The highest BCUT2D eigenvalue weighted by Crippen LogP contribution is 2.44. The second-order valence-electron chi connectivity index (χ2n) is 8.67. The Kier molecular flexibility index (Phi) is 5.60. The molecule has 160 valence electrons. The van der Waals surface area contributed by atoms with Crippen molar-refractivity contribution in [2.24, 2.45) is 0 Å². The van der Waals surface area contributed by atoms with E-state index in [1.807, 2.05) is 0 Å². The van der Waals surface area contributed by atoms with Crippen molar-refractivity contribution in [2.45, 2.75) is 63.9 Å². The Balaban J connectivity index is 1.24. The molecule has 6 nitrogen and oxygen atoms in total. The molecule has 1 amide bonds. The number of hydrogen-bond donors (Lipinski definition) is 2. The first-order chi connectivity index (χ1) is 14.6. The summed E-state index contributed by atoms with van der Waals surface area (Å²) in [6.07, 6.45) is 8.14. The summed E-state index contributed by atoms with van der Waals surface area (Å²) in [7, 11) is 0. The Morgan fingerprint density at radius 1 is 1.23 bits per heavy atom. The Morgan fingerprint density at radius 3 is 2.93 bits per heavy atom. The summed E-state index contributed by atoms with van der Waals surface area (Å²) in [4.78, 5) is 24.4. The molecule has 1 spiro atoms. The van der Waals surface area contributed by atoms with Gasteiger partial charge in [-0.15, -0.1) is 11.3 Å². The number of amides is 1. The van der Waals surface area contributed by atoms with Crippen LogP contribution in [0.15, 0.2) is 6.07 Å². The lowest BCUT2D eigenvalue weighted by molar-refractivity contribution is -0.0771. The van der Waals surface area contributed by atoms with Crippen molar-refractivity contribution in [2.75, 3.05) is 26.2 Å². The van der Waals surface area contributed by atoms with Crippen LogP contribution < -0.4 is 10.6 Å². The van der Waals surface area contributed by atoms with Crippen molar-refractivity contribution in [1.29, 1.82) is 0 Å². The third kappa shape index (κ3) is 3.79. The van der Waals surface area contributed by atoms with Gasteiger partial charge in [0, 0.05) is 29.2 Å². The zero-order valence-electron chi connectivity index (χ0n) is 17.7. The molecular weight excluding hydrogens is 396 g/mol. The Labute approximate surface area is 181 Å². The molecule has 0 bridgehead atoms. The van der Waals surface area contributed by atoms with Gasteiger partial charge in [0.25, 0.3) is 5.91 Å². The van der Waals surface area contributed by atoms with Crippen LogP contribution in [0.1, 0.15) is 68.6 Å². The number of aromatic nitrogens is 2. The fraction of sp³-hybridized carbons (Fsp3) is 0.609. The molecule has 2 aromatic heterocycles. The van der Waals surface area contributed by atoms with E-state index in [0.717, 1.165) is 68.2 Å². The molecule has 1 aliphatic carbocycles. The van der Waals surface area contributed by atoms with E-state index in [0.29, 0.717) is 13.0 Å². The zero-order chi connectivity index (χ0) is 20.6. The van der Waals surface area contributed by atoms with Crippen LogP contribution in [-0.4, -0.2) is 42.1 Å². The summed E-state index contributed by atoms with van der Waals surface area (Å²) in [5.74, 6) is 0.856. The van der Waals surface area contributed by atoms with Crippen LogP contribution in [0.3, 0.4) is 0 Å². The molecule has 0 atom stereocenters. The summed E-state index contributed by atoms with van der Waals surface area (Å²) < 4.78 is 6.24. The molecule has 5 rings (SSSR count). The monoisotopic (exact) mass is 426 g/mol. The van der Waals surface area contributed by atoms with E-state index in [-0.39, 0.29) is 11.5 Å². The Hall–Kier alpha value is -1.83. The number of aryl methyl sites for hydroxylation is 2. The molecule has 2 N–H and O–H groups in total. The standard InChI is InChI=1S/C23H30N4O2S/c1-15-17-4-2-3-5-18(17)27-20(26-15)6-10-25-22(28)19-14-16-7-13-29-23(21(16)30-19)8-11-24-12-9-23/h14,24H,2-13H2,1H3,(H,25,28). The molecule has 0 saturated carbocycles. The maximum Gasteiger partial charge on any atom is 0.261 e. The van der Waals surface area contributed by atoms with E-state index in [2.05, 4.69) is 28.6 Å². The maximum atomic E-state index is 12.8. The summed E-state index contributed by atoms with van der Waals surface area (Å²) in [5, 5.41) is 6.50. The normalized spacial score (nSPS) is 19.9. The molecule has 1 fully saturated rings. The summed E-state index contributed by atoms with van der Waals surface area (Å²) in [6, 6.07) is 2.08. The van der Waals surface area contributed by atoms with Gasteiger partial charge in [0.15, 0.2) is 0 Å². The van der Waals surface area contributed by atoms with Gasteiger partial charge in [0.05, 0.1) is 11.5 Å². The first-order valence-electron chi connectivity index (χ1n) is 11.3. The lowest BCUT2D eigenvalue weighted by Crippen LogP contribution is -2.43. The molecule has 2 aliphatic heterocycles. The van der Waals surface area contributed by atoms with E-state index in [1.165, 1.54) is 34.5 Å². The number of piperidine rings is 1. The maximum absolute atomic E-state index is 12.8. The number of nitrogens with zero attached hydrogens (tertiary/aromatic N) is 2. The van der Waals surface area contributed by atoms with Gasteiger partial charge in [-0.25, -0.2) is 9.97 Å². The first kappa shape index (κ1) is 20.1. The van der Waals surface area contributed by atoms with E-state index < -0.39 is 0 Å². The van der Waals surface area contributed by atoms with Gasteiger partial charge >= 0.3 is 0 Å². The van der Waals surface area contributed by atoms with Gasteiger partial charge < -0.3 is 15.4 Å². The predicted molar refractivity (Wildman–Crippen MR) is 117 cm³/mol. The summed E-state index contributed by atoms with van der Waals surface area (Å²) in [5.41, 5.74) is 4.78. The Morgan fingerprint density at radius 2 is 2.07 bits per heavy atom. The van der Waals surface area contributed by atoms with Crippen LogP contribution >= 0.6 is 11.3 Å². The Bertz CT molecular complexity index is 949. The largest absolute Gasteiger partial charge is 0.369 e. The summed E-state index contributed by atoms with van der Waals surface area (Å²) >= 11 is 1.62. The third-order valence-corrected chi connectivity index (χ3v) is 8.04. The van der Waals surface area contributed by atoms with Crippen LogP contribution in [0, 0.1) is 6.92 Å². The number of carbonyl (C=O) groups excluding carboxylic acids is 1. The van der Waals surface area contributed by atoms with Gasteiger partial charge in [0.1, 0.15) is 11.4 Å². The lowest BCUT2D eigenvalue weighted by atomic mass is 9.86. The summed E-state index contributed by atoms with van der Waals surface area (Å²) in [6.45, 7) is 5.34. The van der Waals surface area contributed by atoms with Crippen LogP contribution in [0.5, 0.6) is 0 Å². The first-order valence-corrected chi connectivity index (χ1v) is 12.1. The number of fused-ring (bicyclic) bond motifs is 3. The number of ether oxygens (including phenoxy) is 1. The molecule has 7 heteroatoms. The number of thiophene rings is 1. The van der Waals surface area contributed by atoms with Gasteiger partial charge in [-0.2, -0.15) is 0 Å². The van der Waals surface area contributed by atoms with Crippen molar-refractivity contribution in [3.63, 3.8) is 0 Å². The average molecular weight is 427 g/mol. The molecule has 4 heterocycles. The van der Waals surface area contributed by atoms with Crippen molar-refractivity contribution < 1.29 is 9.53 Å². The van der Waals surface area contributed by atoms with Gasteiger partial charge in [-0.3, -0.25) is 4.79 Å². The van der Waals surface area contributed by atoms with Crippen molar-refractivity contribution in [3.8, 4) is 0 Å². The van der Waals surface area contributed by atoms with E-state index in [4.69, 9.17) is 9.72 Å². The fourth-order valence-electron chi connectivity index (χ4n) is 5.07. The molecular formula is C23H30N4O2S. The van der Waals surface area contributed by atoms with Crippen LogP contribution in [-0.2, 0) is 36.0 Å². The molecule has 0 radical (unpaired) electrons. The van der Waals surface area contributed by atoms with Crippen LogP contribution in [0.2, 0.25) is 0 Å². The molecule has 2 aromatic rings. The highest BCUT2D eigenvalue weighted by atomic mass is 32.1. The van der Waals surface area contributed by atoms with Gasteiger partial charge in [-0.1, -0.05) is 0 Å². The second kappa shape index (κ2) is 8.36. The molecule has 0 aromatic carbocycles. The lowest BCUT2D eigenvalue weighted by Gasteiger charge is -2.40. The van der Waals surface area contributed by atoms with E-state index >= 15 is 0 Å². The predicted octanol–water partition coefficient (Wildman–Crippen LogP) is 2.85. The average Bonchev–Trinajstić information content (AvgIpc) is 3.21. The fourth-order valence-corrected chi connectivity index (χ4v) is 6.39. The number of hydrogen-bond acceptors (Lipinski definition) is 6. The van der Waals surface area contributed by atoms with Crippen molar-refractivity contribution >= 4 is 17.2 Å². The highest BCUT2D eigenvalue weighted by molar-refractivity contribution is 7.14. The molecule has 3 aliphatic rings. The number of carbonyl (C=O) groups is 1.